The fraction of sp³-hybridized carbons (Fsp3) is 0.333. The van der Waals surface area contributed by atoms with E-state index in [9.17, 15) is 0 Å². The van der Waals surface area contributed by atoms with E-state index in [1.54, 1.807) is 11.1 Å². The molecule has 19 heavy (non-hydrogen) atoms. The molecule has 3 rings (SSSR count). The zero-order valence-electron chi connectivity index (χ0n) is 11.8. The van der Waals surface area contributed by atoms with Crippen molar-refractivity contribution in [1.82, 2.24) is 0 Å². The van der Waals surface area contributed by atoms with Gasteiger partial charge in [0.05, 0.1) is 8.07 Å². The molecule has 0 bridgehead atoms. The van der Waals surface area contributed by atoms with Gasteiger partial charge >= 0.3 is 0 Å². The zero-order valence-corrected chi connectivity index (χ0v) is 12.8. The van der Waals surface area contributed by atoms with Crippen LogP contribution in [0.5, 0.6) is 0 Å². The van der Waals surface area contributed by atoms with E-state index >= 15 is 0 Å². The van der Waals surface area contributed by atoms with E-state index in [1.807, 2.05) is 0 Å². The van der Waals surface area contributed by atoms with Crippen molar-refractivity contribution in [2.24, 2.45) is 0 Å². The third-order valence-corrected chi connectivity index (χ3v) is 8.71. The second kappa shape index (κ2) is 4.97. The fourth-order valence-electron chi connectivity index (χ4n) is 3.72. The highest BCUT2D eigenvalue weighted by Gasteiger charge is 2.42. The number of hydrogen-bond donors (Lipinski definition) is 0. The maximum atomic E-state index is 2.56. The van der Waals surface area contributed by atoms with Crippen LogP contribution in [-0.2, 0) is 0 Å². The lowest BCUT2D eigenvalue weighted by Gasteiger charge is -2.25. The van der Waals surface area contributed by atoms with E-state index in [1.165, 1.54) is 12.5 Å². The Hall–Kier alpha value is -1.34. The van der Waals surface area contributed by atoms with Crippen LogP contribution in [0.1, 0.15) is 29.0 Å². The smallest absolute Gasteiger partial charge is 0.0558 e. The summed E-state index contributed by atoms with van der Waals surface area (Å²) in [5.41, 5.74) is 3.93. The summed E-state index contributed by atoms with van der Waals surface area (Å²) in [4.78, 5) is 0. The normalized spacial score (nSPS) is 25.4. The molecule has 1 fully saturated rings. The van der Waals surface area contributed by atoms with Crippen LogP contribution in [0, 0.1) is 0 Å². The molecule has 98 valence electrons. The number of hydrogen-bond acceptors (Lipinski definition) is 0. The molecule has 1 heterocycles. The van der Waals surface area contributed by atoms with Crippen molar-refractivity contribution in [2.45, 2.75) is 37.0 Å². The molecule has 1 saturated heterocycles. The summed E-state index contributed by atoms with van der Waals surface area (Å²) in [5.74, 6) is 0.771. The molecule has 1 aliphatic heterocycles. The SMILES string of the molecule is C[Si]1(C)C[C@@H](c2ccccc2)C[C@@H]1c1ccccc1. The fourth-order valence-corrected chi connectivity index (χ4v) is 7.69. The topological polar surface area (TPSA) is 0 Å². The van der Waals surface area contributed by atoms with Gasteiger partial charge in [-0.15, -0.1) is 0 Å². The van der Waals surface area contributed by atoms with Crippen molar-refractivity contribution < 1.29 is 0 Å². The van der Waals surface area contributed by atoms with E-state index in [0.29, 0.717) is 0 Å². The zero-order chi connectivity index (χ0) is 13.3. The second-order valence-corrected chi connectivity index (χ2v) is 11.6. The molecule has 0 N–H and O–H groups in total. The van der Waals surface area contributed by atoms with Crippen LogP contribution in [0.4, 0.5) is 0 Å². The Labute approximate surface area is 117 Å². The third-order valence-electron chi connectivity index (χ3n) is 4.71. The Morgan fingerprint density at radius 3 is 1.89 bits per heavy atom. The first kappa shape index (κ1) is 12.7. The highest BCUT2D eigenvalue weighted by atomic mass is 28.3. The van der Waals surface area contributed by atoms with Gasteiger partial charge < -0.3 is 0 Å². The predicted octanol–water partition coefficient (Wildman–Crippen LogP) is 5.21. The van der Waals surface area contributed by atoms with E-state index in [-0.39, 0.29) is 0 Å². The summed E-state index contributed by atoms with van der Waals surface area (Å²) in [7, 11) is -1.16. The van der Waals surface area contributed by atoms with Gasteiger partial charge in [-0.2, -0.15) is 0 Å². The van der Waals surface area contributed by atoms with Crippen LogP contribution in [0.15, 0.2) is 60.7 Å². The Morgan fingerprint density at radius 2 is 1.32 bits per heavy atom. The molecule has 0 aliphatic carbocycles. The quantitative estimate of drug-likeness (QED) is 0.655. The van der Waals surface area contributed by atoms with E-state index < -0.39 is 8.07 Å². The maximum Gasteiger partial charge on any atom is 0.0558 e. The Balaban J connectivity index is 1.88. The van der Waals surface area contributed by atoms with Gasteiger partial charge in [-0.3, -0.25) is 0 Å². The van der Waals surface area contributed by atoms with E-state index in [2.05, 4.69) is 73.8 Å². The first-order valence-electron chi connectivity index (χ1n) is 7.27. The second-order valence-electron chi connectivity index (χ2n) is 6.50. The van der Waals surface area contributed by atoms with Crippen LogP contribution in [-0.4, -0.2) is 8.07 Å². The molecule has 0 unspecified atom stereocenters. The van der Waals surface area contributed by atoms with E-state index in [4.69, 9.17) is 0 Å². The van der Waals surface area contributed by atoms with Gasteiger partial charge in [0.2, 0.25) is 0 Å². The van der Waals surface area contributed by atoms with Gasteiger partial charge in [0, 0.05) is 0 Å². The molecule has 0 nitrogen and oxygen atoms in total. The molecule has 2 atom stereocenters. The van der Waals surface area contributed by atoms with Gasteiger partial charge in [0.1, 0.15) is 0 Å². The number of benzene rings is 2. The highest BCUT2D eigenvalue weighted by molar-refractivity contribution is 6.79. The summed E-state index contributed by atoms with van der Waals surface area (Å²) in [6.45, 7) is 5.13. The van der Waals surface area contributed by atoms with Crippen molar-refractivity contribution in [3.05, 3.63) is 71.8 Å². The minimum Gasteiger partial charge on any atom is -0.0689 e. The minimum atomic E-state index is -1.16. The van der Waals surface area contributed by atoms with Crippen molar-refractivity contribution in [3.8, 4) is 0 Å². The van der Waals surface area contributed by atoms with E-state index in [0.717, 1.165) is 11.5 Å². The molecule has 0 amide bonds. The Morgan fingerprint density at radius 1 is 0.789 bits per heavy atom. The number of rotatable bonds is 2. The highest BCUT2D eigenvalue weighted by Crippen LogP contribution is 2.49. The Kier molecular flexibility index (Phi) is 3.32. The summed E-state index contributed by atoms with van der Waals surface area (Å²) < 4.78 is 0. The summed E-state index contributed by atoms with van der Waals surface area (Å²) in [6.07, 6.45) is 1.34. The molecule has 0 radical (unpaired) electrons. The molecule has 1 aliphatic rings. The van der Waals surface area contributed by atoms with Crippen LogP contribution in [0.25, 0.3) is 0 Å². The molecule has 2 aromatic carbocycles. The van der Waals surface area contributed by atoms with Crippen molar-refractivity contribution >= 4 is 8.07 Å². The van der Waals surface area contributed by atoms with Gasteiger partial charge in [-0.1, -0.05) is 79.8 Å². The minimum absolute atomic E-state index is 0.771. The van der Waals surface area contributed by atoms with Gasteiger partial charge in [0.15, 0.2) is 0 Å². The van der Waals surface area contributed by atoms with Gasteiger partial charge in [-0.25, -0.2) is 0 Å². The van der Waals surface area contributed by atoms with Gasteiger partial charge in [0.25, 0.3) is 0 Å². The summed E-state index contributed by atoms with van der Waals surface area (Å²) in [6, 6.07) is 23.7. The average molecular weight is 266 g/mol. The monoisotopic (exact) mass is 266 g/mol. The van der Waals surface area contributed by atoms with Crippen LogP contribution >= 0.6 is 0 Å². The molecule has 1 heteroatoms. The average Bonchev–Trinajstić information content (AvgIpc) is 2.77. The molecule has 0 saturated carbocycles. The molecule has 0 aromatic heterocycles. The summed E-state index contributed by atoms with van der Waals surface area (Å²) in [5, 5.41) is 0. The summed E-state index contributed by atoms with van der Waals surface area (Å²) >= 11 is 0. The Bertz CT molecular complexity index is 530. The maximum absolute atomic E-state index is 2.56. The molecule has 2 aromatic rings. The molecule has 0 spiro atoms. The lowest BCUT2D eigenvalue weighted by molar-refractivity contribution is 0.709. The molecular weight excluding hydrogens is 244 g/mol. The van der Waals surface area contributed by atoms with Crippen molar-refractivity contribution in [3.63, 3.8) is 0 Å². The largest absolute Gasteiger partial charge is 0.0689 e. The van der Waals surface area contributed by atoms with Crippen LogP contribution < -0.4 is 0 Å². The van der Waals surface area contributed by atoms with Gasteiger partial charge in [-0.05, 0) is 29.0 Å². The van der Waals surface area contributed by atoms with Crippen LogP contribution in [0.2, 0.25) is 19.1 Å². The lowest BCUT2D eigenvalue weighted by Crippen LogP contribution is -2.29. The third kappa shape index (κ3) is 2.52. The lowest BCUT2D eigenvalue weighted by atomic mass is 9.94. The predicted molar refractivity (Wildman–Crippen MR) is 85.3 cm³/mol. The standard InChI is InChI=1S/C18H22Si/c1-19(2)14-17(15-9-5-3-6-10-15)13-18(19)16-11-7-4-8-12-16/h3-12,17-18H,13-14H2,1-2H3/t17-,18+/m0/s1. The van der Waals surface area contributed by atoms with Crippen molar-refractivity contribution in [1.29, 1.82) is 0 Å². The first-order valence-corrected chi connectivity index (χ1v) is 10.6. The first-order chi connectivity index (χ1) is 9.17. The van der Waals surface area contributed by atoms with Crippen LogP contribution in [0.3, 0.4) is 0 Å². The van der Waals surface area contributed by atoms with Crippen molar-refractivity contribution in [2.75, 3.05) is 0 Å². The molecular formula is C18H22Si.